The van der Waals surface area contributed by atoms with E-state index in [4.69, 9.17) is 5.11 Å². The van der Waals surface area contributed by atoms with Gasteiger partial charge in [0.1, 0.15) is 5.70 Å². The zero-order valence-electron chi connectivity index (χ0n) is 5.28. The third-order valence-electron chi connectivity index (χ3n) is 1.83. The van der Waals surface area contributed by atoms with Gasteiger partial charge in [0.15, 0.2) is 0 Å². The molecule has 0 saturated carbocycles. The first-order valence-corrected chi connectivity index (χ1v) is 4.09. The number of hydrogen-bond acceptors (Lipinski definition) is 3. The van der Waals surface area contributed by atoms with Crippen LogP contribution in [0.2, 0.25) is 0 Å². The minimum atomic E-state index is -0.797. The predicted molar refractivity (Wildman–Crippen MR) is 38.4 cm³/mol. The van der Waals surface area contributed by atoms with E-state index in [1.807, 2.05) is 4.90 Å². The van der Waals surface area contributed by atoms with Crippen molar-refractivity contribution >= 4 is 17.7 Å². The Morgan fingerprint density at radius 1 is 1.90 bits per heavy atom. The topological polar surface area (TPSA) is 40.5 Å². The molecule has 0 radical (unpaired) electrons. The molecule has 0 aromatic heterocycles. The first kappa shape index (κ1) is 6.09. The fraction of sp³-hybridized carbons (Fsp3) is 0.500. The second-order valence-corrected chi connectivity index (χ2v) is 3.43. The van der Waals surface area contributed by atoms with E-state index in [-0.39, 0.29) is 0 Å². The molecule has 2 aliphatic heterocycles. The average Bonchev–Trinajstić information content (AvgIpc) is 2.07. The molecular formula is C6H7NO2S. The Morgan fingerprint density at radius 2 is 2.70 bits per heavy atom. The molecule has 2 rings (SSSR count). The van der Waals surface area contributed by atoms with Gasteiger partial charge in [-0.3, -0.25) is 0 Å². The van der Waals surface area contributed by atoms with Crippen molar-refractivity contribution < 1.29 is 9.90 Å². The maximum atomic E-state index is 10.5. The SMILES string of the molecule is O=C(O)C1=CSC2CCN12. The van der Waals surface area contributed by atoms with Crippen LogP contribution in [0.4, 0.5) is 0 Å². The van der Waals surface area contributed by atoms with E-state index in [2.05, 4.69) is 0 Å². The van der Waals surface area contributed by atoms with Crippen LogP contribution in [0.25, 0.3) is 0 Å². The van der Waals surface area contributed by atoms with Gasteiger partial charge in [0.2, 0.25) is 0 Å². The van der Waals surface area contributed by atoms with E-state index in [1.165, 1.54) is 0 Å². The van der Waals surface area contributed by atoms with Crippen molar-refractivity contribution in [1.82, 2.24) is 4.90 Å². The predicted octanol–water partition coefficient (Wildman–Crippen LogP) is 0.691. The molecule has 1 saturated heterocycles. The van der Waals surface area contributed by atoms with Gasteiger partial charge in [-0.15, -0.1) is 11.8 Å². The summed E-state index contributed by atoms with van der Waals surface area (Å²) in [4.78, 5) is 12.4. The van der Waals surface area contributed by atoms with E-state index < -0.39 is 5.97 Å². The van der Waals surface area contributed by atoms with E-state index in [0.29, 0.717) is 11.1 Å². The summed E-state index contributed by atoms with van der Waals surface area (Å²) in [6, 6.07) is 0. The van der Waals surface area contributed by atoms with Gasteiger partial charge in [-0.05, 0) is 6.42 Å². The summed E-state index contributed by atoms with van der Waals surface area (Å²) < 4.78 is 0. The van der Waals surface area contributed by atoms with E-state index >= 15 is 0 Å². The number of hydrogen-bond donors (Lipinski definition) is 1. The number of carboxylic acid groups (broad SMARTS) is 1. The lowest BCUT2D eigenvalue weighted by Crippen LogP contribution is -2.43. The smallest absolute Gasteiger partial charge is 0.352 e. The molecule has 0 aromatic carbocycles. The zero-order chi connectivity index (χ0) is 7.14. The van der Waals surface area contributed by atoms with Crippen molar-refractivity contribution in [2.75, 3.05) is 6.54 Å². The van der Waals surface area contributed by atoms with Gasteiger partial charge in [-0.1, -0.05) is 0 Å². The van der Waals surface area contributed by atoms with Crippen molar-refractivity contribution in [2.24, 2.45) is 0 Å². The molecule has 10 heavy (non-hydrogen) atoms. The molecule has 0 aliphatic carbocycles. The summed E-state index contributed by atoms with van der Waals surface area (Å²) >= 11 is 1.61. The van der Waals surface area contributed by atoms with E-state index in [0.717, 1.165) is 13.0 Å². The Balaban J connectivity index is 2.16. The lowest BCUT2D eigenvalue weighted by molar-refractivity contribution is -0.135. The second-order valence-electron chi connectivity index (χ2n) is 2.38. The van der Waals surface area contributed by atoms with Gasteiger partial charge in [0, 0.05) is 12.0 Å². The van der Waals surface area contributed by atoms with Crippen LogP contribution in [0.5, 0.6) is 0 Å². The molecule has 2 heterocycles. The lowest BCUT2D eigenvalue weighted by atomic mass is 10.2. The van der Waals surface area contributed by atoms with Gasteiger partial charge in [-0.2, -0.15) is 0 Å². The highest BCUT2D eigenvalue weighted by molar-refractivity contribution is 8.03. The minimum Gasteiger partial charge on any atom is -0.477 e. The van der Waals surface area contributed by atoms with Crippen LogP contribution < -0.4 is 0 Å². The molecule has 3 nitrogen and oxygen atoms in total. The normalized spacial score (nSPS) is 29.0. The summed E-state index contributed by atoms with van der Waals surface area (Å²) in [6.45, 7) is 0.913. The Hall–Kier alpha value is -0.640. The van der Waals surface area contributed by atoms with Crippen LogP contribution in [-0.2, 0) is 4.79 Å². The average molecular weight is 157 g/mol. The van der Waals surface area contributed by atoms with Crippen molar-refractivity contribution in [1.29, 1.82) is 0 Å². The fourth-order valence-electron chi connectivity index (χ4n) is 1.16. The summed E-state index contributed by atoms with van der Waals surface area (Å²) in [6.07, 6.45) is 1.12. The van der Waals surface area contributed by atoms with Crippen molar-refractivity contribution in [3.05, 3.63) is 11.1 Å². The number of carboxylic acids is 1. The third-order valence-corrected chi connectivity index (χ3v) is 2.99. The van der Waals surface area contributed by atoms with Crippen LogP contribution in [0.15, 0.2) is 11.1 Å². The molecule has 1 atom stereocenters. The van der Waals surface area contributed by atoms with Crippen LogP contribution in [0.1, 0.15) is 6.42 Å². The van der Waals surface area contributed by atoms with Crippen LogP contribution in [-0.4, -0.2) is 27.9 Å². The first-order valence-electron chi connectivity index (χ1n) is 3.14. The molecular weight excluding hydrogens is 150 g/mol. The number of thioether (sulfide) groups is 1. The van der Waals surface area contributed by atoms with Crippen LogP contribution in [0.3, 0.4) is 0 Å². The number of nitrogens with zero attached hydrogens (tertiary/aromatic N) is 1. The van der Waals surface area contributed by atoms with Crippen LogP contribution >= 0.6 is 11.8 Å². The molecule has 4 heteroatoms. The molecule has 1 unspecified atom stereocenters. The molecule has 0 bridgehead atoms. The number of fused-ring (bicyclic) bond motifs is 1. The molecule has 0 spiro atoms. The zero-order valence-corrected chi connectivity index (χ0v) is 6.10. The molecule has 1 fully saturated rings. The lowest BCUT2D eigenvalue weighted by Gasteiger charge is -2.36. The standard InChI is InChI=1S/C6H7NO2S/c8-6(9)4-3-10-5-1-2-7(4)5/h3,5H,1-2H2,(H,8,9). The van der Waals surface area contributed by atoms with E-state index in [9.17, 15) is 4.79 Å². The van der Waals surface area contributed by atoms with Gasteiger partial charge in [0.25, 0.3) is 0 Å². The van der Waals surface area contributed by atoms with Gasteiger partial charge >= 0.3 is 5.97 Å². The second kappa shape index (κ2) is 1.92. The van der Waals surface area contributed by atoms with Crippen LogP contribution in [0, 0.1) is 0 Å². The Kier molecular flexibility index (Phi) is 1.17. The summed E-state index contributed by atoms with van der Waals surface area (Å²) in [5, 5.41) is 10.8. The first-order chi connectivity index (χ1) is 4.79. The Labute approximate surface area is 62.7 Å². The largest absolute Gasteiger partial charge is 0.477 e. The highest BCUT2D eigenvalue weighted by Gasteiger charge is 2.37. The quantitative estimate of drug-likeness (QED) is 0.608. The molecule has 2 aliphatic rings. The fourth-order valence-corrected chi connectivity index (χ4v) is 2.29. The molecule has 1 N–H and O–H groups in total. The highest BCUT2D eigenvalue weighted by Crippen LogP contribution is 2.39. The number of rotatable bonds is 1. The van der Waals surface area contributed by atoms with Crippen molar-refractivity contribution in [3.63, 3.8) is 0 Å². The maximum Gasteiger partial charge on any atom is 0.352 e. The van der Waals surface area contributed by atoms with Gasteiger partial charge < -0.3 is 10.0 Å². The highest BCUT2D eigenvalue weighted by atomic mass is 32.2. The molecule has 54 valence electrons. The molecule has 0 aromatic rings. The maximum absolute atomic E-state index is 10.5. The minimum absolute atomic E-state index is 0.436. The number of aliphatic carboxylic acids is 1. The monoisotopic (exact) mass is 157 g/mol. The molecule has 0 amide bonds. The summed E-state index contributed by atoms with van der Waals surface area (Å²) in [5.41, 5.74) is 0.473. The van der Waals surface area contributed by atoms with Crippen molar-refractivity contribution in [3.8, 4) is 0 Å². The summed E-state index contributed by atoms with van der Waals surface area (Å²) in [5.74, 6) is -0.797. The van der Waals surface area contributed by atoms with Crippen molar-refractivity contribution in [2.45, 2.75) is 11.8 Å². The number of carbonyl (C=O) groups is 1. The summed E-state index contributed by atoms with van der Waals surface area (Å²) in [7, 11) is 0. The Bertz CT molecular complexity index is 214. The third kappa shape index (κ3) is 0.653. The van der Waals surface area contributed by atoms with E-state index in [1.54, 1.807) is 17.2 Å². The van der Waals surface area contributed by atoms with Gasteiger partial charge in [-0.25, -0.2) is 4.79 Å². The van der Waals surface area contributed by atoms with Gasteiger partial charge in [0.05, 0.1) is 5.37 Å². The Morgan fingerprint density at radius 3 is 3.00 bits per heavy atom.